The highest BCUT2D eigenvalue weighted by Crippen LogP contribution is 1.90. The summed E-state index contributed by atoms with van der Waals surface area (Å²) in [6.45, 7) is 6.48. The van der Waals surface area contributed by atoms with E-state index >= 15 is 0 Å². The minimum atomic E-state index is 0.516. The molecule has 0 aromatic heterocycles. The first kappa shape index (κ1) is 8.90. The topological polar surface area (TPSA) is 36.1 Å². The van der Waals surface area contributed by atoms with Crippen LogP contribution in [0, 0.1) is 11.3 Å². The molecule has 2 heteroatoms. The van der Waals surface area contributed by atoms with Crippen molar-refractivity contribution in [3.05, 3.63) is 11.6 Å². The quantitative estimate of drug-likeness (QED) is 0.534. The van der Waals surface area contributed by atoms with Crippen molar-refractivity contribution >= 4 is 5.71 Å². The monoisotopic (exact) mass is 136 g/mol. The van der Waals surface area contributed by atoms with Crippen LogP contribution in [-0.2, 0) is 0 Å². The Morgan fingerprint density at radius 2 is 2.20 bits per heavy atom. The summed E-state index contributed by atoms with van der Waals surface area (Å²) < 4.78 is 0. The maximum Gasteiger partial charge on any atom is 0.135 e. The predicted octanol–water partition coefficient (Wildman–Crippen LogP) is 1.94. The largest absolute Gasteiger partial charge is 0.275 e. The second-order valence-electron chi connectivity index (χ2n) is 2.19. The summed E-state index contributed by atoms with van der Waals surface area (Å²) >= 11 is 0. The molecule has 0 saturated carbocycles. The van der Waals surface area contributed by atoms with Gasteiger partial charge in [-0.3, -0.25) is 4.99 Å². The molecule has 0 aromatic rings. The molecular weight excluding hydrogens is 124 g/mol. The summed E-state index contributed by atoms with van der Waals surface area (Å²) in [6.07, 6.45) is 1.78. The van der Waals surface area contributed by atoms with Crippen LogP contribution in [0.4, 0.5) is 0 Å². The third-order valence-electron chi connectivity index (χ3n) is 0.868. The Kier molecular flexibility index (Phi) is 4.23. The number of hydrogen-bond acceptors (Lipinski definition) is 2. The van der Waals surface area contributed by atoms with Gasteiger partial charge < -0.3 is 0 Å². The molecular formula is C8H12N2. The van der Waals surface area contributed by atoms with Crippen molar-refractivity contribution in [1.29, 1.82) is 5.26 Å². The lowest BCUT2D eigenvalue weighted by Gasteiger charge is -1.87. The molecule has 0 aliphatic rings. The Balaban J connectivity index is 4.28. The fourth-order valence-corrected chi connectivity index (χ4v) is 0.557. The number of nitriles is 1. The van der Waals surface area contributed by atoms with Crippen LogP contribution < -0.4 is 0 Å². The second kappa shape index (κ2) is 4.75. The van der Waals surface area contributed by atoms with Gasteiger partial charge in [0.05, 0.1) is 0 Å². The van der Waals surface area contributed by atoms with Crippen LogP contribution in [0.25, 0.3) is 0 Å². The Bertz CT molecular complexity index is 190. The van der Waals surface area contributed by atoms with Gasteiger partial charge in [-0.25, -0.2) is 0 Å². The summed E-state index contributed by atoms with van der Waals surface area (Å²) in [7, 11) is 0. The van der Waals surface area contributed by atoms with Gasteiger partial charge in [-0.05, 0) is 26.8 Å². The van der Waals surface area contributed by atoms with Crippen LogP contribution in [0.5, 0.6) is 0 Å². The lowest BCUT2D eigenvalue weighted by atomic mass is 10.2. The van der Waals surface area contributed by atoms with Crippen LogP contribution in [-0.4, -0.2) is 12.3 Å². The van der Waals surface area contributed by atoms with Gasteiger partial charge in [0.15, 0.2) is 0 Å². The fourth-order valence-electron chi connectivity index (χ4n) is 0.557. The van der Waals surface area contributed by atoms with Gasteiger partial charge in [0.1, 0.15) is 11.8 Å². The van der Waals surface area contributed by atoms with E-state index in [1.165, 1.54) is 0 Å². The molecule has 0 fully saturated rings. The minimum Gasteiger partial charge on any atom is -0.275 e. The van der Waals surface area contributed by atoms with E-state index in [4.69, 9.17) is 5.26 Å². The van der Waals surface area contributed by atoms with Crippen molar-refractivity contribution in [2.24, 2.45) is 4.99 Å². The van der Waals surface area contributed by atoms with Crippen molar-refractivity contribution < 1.29 is 0 Å². The summed E-state index contributed by atoms with van der Waals surface area (Å²) in [5.41, 5.74) is 1.62. The zero-order valence-corrected chi connectivity index (χ0v) is 6.68. The van der Waals surface area contributed by atoms with E-state index in [2.05, 4.69) is 4.99 Å². The molecule has 0 amide bonds. The molecule has 0 heterocycles. The molecule has 0 aliphatic heterocycles. The lowest BCUT2D eigenvalue weighted by molar-refractivity contribution is 1.13. The lowest BCUT2D eigenvalue weighted by Crippen LogP contribution is -1.89. The van der Waals surface area contributed by atoms with Crippen LogP contribution >= 0.6 is 0 Å². The highest BCUT2D eigenvalue weighted by molar-refractivity contribution is 6.07. The number of aliphatic imine (C=N–C) groups is 1. The van der Waals surface area contributed by atoms with Gasteiger partial charge in [0, 0.05) is 6.54 Å². The molecule has 0 aliphatic carbocycles. The Morgan fingerprint density at radius 1 is 1.60 bits per heavy atom. The highest BCUT2D eigenvalue weighted by atomic mass is 14.7. The zero-order valence-electron chi connectivity index (χ0n) is 6.68. The summed E-state index contributed by atoms with van der Waals surface area (Å²) in [6, 6.07) is 2.01. The van der Waals surface area contributed by atoms with Crippen molar-refractivity contribution in [1.82, 2.24) is 0 Å². The number of allylic oxidation sites excluding steroid dienone is 2. The van der Waals surface area contributed by atoms with Crippen molar-refractivity contribution in [2.75, 3.05) is 6.54 Å². The molecule has 0 N–H and O–H groups in total. The van der Waals surface area contributed by atoms with Gasteiger partial charge in [-0.2, -0.15) is 5.26 Å². The average Bonchev–Trinajstić information content (AvgIpc) is 1.86. The third-order valence-corrected chi connectivity index (χ3v) is 0.868. The van der Waals surface area contributed by atoms with Gasteiger partial charge in [0.25, 0.3) is 0 Å². The predicted molar refractivity (Wildman–Crippen MR) is 43.0 cm³/mol. The molecule has 2 nitrogen and oxygen atoms in total. The molecule has 0 radical (unpaired) electrons. The zero-order chi connectivity index (χ0) is 7.98. The Hall–Kier alpha value is -1.10. The third kappa shape index (κ3) is 3.85. The van der Waals surface area contributed by atoms with Gasteiger partial charge in [-0.15, -0.1) is 0 Å². The van der Waals surface area contributed by atoms with E-state index in [-0.39, 0.29) is 0 Å². The average molecular weight is 136 g/mol. The molecule has 0 aromatic carbocycles. The minimum absolute atomic E-state index is 0.516. The summed E-state index contributed by atoms with van der Waals surface area (Å²) in [5.74, 6) is 0. The first-order valence-electron chi connectivity index (χ1n) is 3.30. The molecule has 10 heavy (non-hydrogen) atoms. The maximum atomic E-state index is 8.48. The maximum absolute atomic E-state index is 8.48. The smallest absolute Gasteiger partial charge is 0.135 e. The van der Waals surface area contributed by atoms with Gasteiger partial charge >= 0.3 is 0 Å². The normalized spacial score (nSPS) is 10.4. The van der Waals surface area contributed by atoms with Crippen LogP contribution in [0.1, 0.15) is 20.8 Å². The standard InChI is InChI=1S/C8H12N2/c1-4-10-8(6-9)5-7(2)3/h5H,4H2,1-3H3. The summed E-state index contributed by atoms with van der Waals surface area (Å²) in [4.78, 5) is 3.96. The van der Waals surface area contributed by atoms with E-state index in [0.29, 0.717) is 12.3 Å². The van der Waals surface area contributed by atoms with Crippen LogP contribution in [0.15, 0.2) is 16.6 Å². The summed E-state index contributed by atoms with van der Waals surface area (Å²) in [5, 5.41) is 8.48. The van der Waals surface area contributed by atoms with Crippen LogP contribution in [0.3, 0.4) is 0 Å². The van der Waals surface area contributed by atoms with E-state index in [9.17, 15) is 0 Å². The molecule has 0 atom stereocenters. The van der Waals surface area contributed by atoms with Gasteiger partial charge in [-0.1, -0.05) is 5.57 Å². The number of hydrogen-bond donors (Lipinski definition) is 0. The highest BCUT2D eigenvalue weighted by Gasteiger charge is 1.88. The van der Waals surface area contributed by atoms with Crippen molar-refractivity contribution in [3.63, 3.8) is 0 Å². The SMILES string of the molecule is CCN=C(C#N)C=C(C)C. The molecule has 0 unspecified atom stereocenters. The molecule has 0 saturated heterocycles. The first-order chi connectivity index (χ1) is 4.70. The first-order valence-corrected chi connectivity index (χ1v) is 3.30. The van der Waals surface area contributed by atoms with Crippen LogP contribution in [0.2, 0.25) is 0 Å². The van der Waals surface area contributed by atoms with E-state index in [1.807, 2.05) is 26.8 Å². The molecule has 54 valence electrons. The van der Waals surface area contributed by atoms with E-state index in [0.717, 1.165) is 5.57 Å². The molecule has 0 bridgehead atoms. The second-order valence-corrected chi connectivity index (χ2v) is 2.19. The molecule has 0 rings (SSSR count). The van der Waals surface area contributed by atoms with E-state index < -0.39 is 0 Å². The van der Waals surface area contributed by atoms with Crippen molar-refractivity contribution in [2.45, 2.75) is 20.8 Å². The van der Waals surface area contributed by atoms with Crippen molar-refractivity contribution in [3.8, 4) is 6.07 Å². The Labute approximate surface area is 61.9 Å². The van der Waals surface area contributed by atoms with Gasteiger partial charge in [0.2, 0.25) is 0 Å². The van der Waals surface area contributed by atoms with E-state index in [1.54, 1.807) is 6.08 Å². The number of nitrogens with zero attached hydrogens (tertiary/aromatic N) is 2. The molecule has 0 spiro atoms. The fraction of sp³-hybridized carbons (Fsp3) is 0.500. The number of rotatable bonds is 2. The Morgan fingerprint density at radius 3 is 2.50 bits per heavy atom.